The molecule has 0 saturated carbocycles. The lowest BCUT2D eigenvalue weighted by molar-refractivity contribution is 0.0979. The van der Waals surface area contributed by atoms with E-state index in [-0.39, 0.29) is 28.1 Å². The molecule has 0 fully saturated rings. The van der Waals surface area contributed by atoms with Crippen LogP contribution < -0.4 is 5.32 Å². The van der Waals surface area contributed by atoms with Crippen molar-refractivity contribution >= 4 is 58.0 Å². The highest BCUT2D eigenvalue weighted by Crippen LogP contribution is 2.26. The Kier molecular flexibility index (Phi) is 6.46. The third kappa shape index (κ3) is 4.62. The molecule has 1 N–H and O–H groups in total. The van der Waals surface area contributed by atoms with E-state index in [2.05, 4.69) is 20.3 Å². The van der Waals surface area contributed by atoms with Gasteiger partial charge in [-0.2, -0.15) is 15.0 Å². The fourth-order valence-electron chi connectivity index (χ4n) is 3.11. The van der Waals surface area contributed by atoms with E-state index in [9.17, 15) is 9.59 Å². The number of carbonyl (C=O) groups is 2. The summed E-state index contributed by atoms with van der Waals surface area (Å²) in [5, 5.41) is 3.49. The van der Waals surface area contributed by atoms with Gasteiger partial charge in [-0.05, 0) is 35.3 Å². The molecule has 0 spiro atoms. The number of para-hydroxylation sites is 1. The third-order valence-electron chi connectivity index (χ3n) is 4.53. The lowest BCUT2D eigenvalue weighted by Crippen LogP contribution is -2.20. The Morgan fingerprint density at radius 3 is 1.41 bits per heavy atom. The molecule has 0 unspecified atom stereocenters. The van der Waals surface area contributed by atoms with Crippen LogP contribution in [-0.4, -0.2) is 26.5 Å². The highest BCUT2D eigenvalue weighted by atomic mass is 35.5. The maximum absolute atomic E-state index is 12.1. The maximum Gasteiger partial charge on any atom is 0.232 e. The van der Waals surface area contributed by atoms with Gasteiger partial charge in [0.05, 0.1) is 10.7 Å². The lowest BCUT2D eigenvalue weighted by Gasteiger charge is -2.16. The van der Waals surface area contributed by atoms with Gasteiger partial charge in [-0.15, -0.1) is 0 Å². The molecule has 0 saturated heterocycles. The van der Waals surface area contributed by atoms with Crippen LogP contribution in [0.1, 0.15) is 31.8 Å². The number of rotatable bonds is 2. The first-order valence-corrected chi connectivity index (χ1v) is 10.4. The summed E-state index contributed by atoms with van der Waals surface area (Å²) >= 11 is 17.2. The van der Waals surface area contributed by atoms with Crippen molar-refractivity contribution in [1.29, 1.82) is 0 Å². The molecule has 1 aliphatic carbocycles. The summed E-state index contributed by atoms with van der Waals surface area (Å²) in [6.45, 7) is 0. The molecule has 0 amide bonds. The van der Waals surface area contributed by atoms with Crippen LogP contribution in [0, 0.1) is 0 Å². The largest absolute Gasteiger partial charge is 0.323 e. The topological polar surface area (TPSA) is 84.8 Å². The van der Waals surface area contributed by atoms with E-state index < -0.39 is 0 Å². The number of carbonyl (C=O) groups excluding carboxylic acids is 2. The summed E-state index contributed by atoms with van der Waals surface area (Å²) in [6.07, 6.45) is 0. The van der Waals surface area contributed by atoms with Gasteiger partial charge < -0.3 is 5.32 Å². The van der Waals surface area contributed by atoms with E-state index in [1.165, 1.54) is 0 Å². The van der Waals surface area contributed by atoms with Crippen LogP contribution in [0.4, 0.5) is 11.6 Å². The van der Waals surface area contributed by atoms with Gasteiger partial charge in [0, 0.05) is 22.3 Å². The van der Waals surface area contributed by atoms with Gasteiger partial charge in [-0.25, -0.2) is 0 Å². The van der Waals surface area contributed by atoms with E-state index >= 15 is 0 Å². The number of nitrogens with zero attached hydrogens (tertiary/aromatic N) is 3. The minimum atomic E-state index is -0.0641. The number of aromatic nitrogens is 3. The quantitative estimate of drug-likeness (QED) is 0.330. The van der Waals surface area contributed by atoms with Crippen LogP contribution in [-0.2, 0) is 0 Å². The molecule has 1 heterocycles. The number of hydrogen-bond donors (Lipinski definition) is 1. The van der Waals surface area contributed by atoms with Crippen molar-refractivity contribution in [1.82, 2.24) is 15.0 Å². The van der Waals surface area contributed by atoms with Gasteiger partial charge in [0.2, 0.25) is 16.5 Å². The number of fused-ring (bicyclic) bond motifs is 2. The van der Waals surface area contributed by atoms with E-state index in [0.717, 1.165) is 0 Å². The fourth-order valence-corrected chi connectivity index (χ4v) is 3.66. The molecule has 3 aromatic carbocycles. The van der Waals surface area contributed by atoms with Crippen molar-refractivity contribution in [2.24, 2.45) is 0 Å². The summed E-state index contributed by atoms with van der Waals surface area (Å²) in [5.74, 6) is 0.120. The predicted octanol–water partition coefficient (Wildman–Crippen LogP) is 6.04. The van der Waals surface area contributed by atoms with Gasteiger partial charge >= 0.3 is 0 Å². The monoisotopic (exact) mass is 482 g/mol. The standard InChI is InChI=1S/C14H8O2.C9H5Cl3N4/c15-13-9-5-1-2-6-10(9)14(16)12-8-4-3-7-11(12)13;10-5-3-1-2-4-6(5)13-9-15-7(11)14-8(12)16-9/h1-8H;1-4H,(H,13,14,15,16). The van der Waals surface area contributed by atoms with E-state index in [4.69, 9.17) is 34.8 Å². The first kappa shape index (κ1) is 21.9. The van der Waals surface area contributed by atoms with Crippen molar-refractivity contribution < 1.29 is 9.59 Å². The number of ketones is 2. The van der Waals surface area contributed by atoms with Gasteiger partial charge in [0.15, 0.2) is 11.6 Å². The smallest absolute Gasteiger partial charge is 0.232 e. The molecule has 32 heavy (non-hydrogen) atoms. The van der Waals surface area contributed by atoms with Crippen LogP contribution in [0.25, 0.3) is 0 Å². The Bertz CT molecular complexity index is 1220. The SMILES string of the molecule is Clc1nc(Cl)nc(Nc2ccccc2Cl)n1.O=C1c2ccccc2C(=O)c2ccccc21. The molecule has 0 aliphatic heterocycles. The average Bonchev–Trinajstić information content (AvgIpc) is 2.79. The lowest BCUT2D eigenvalue weighted by atomic mass is 9.84. The summed E-state index contributed by atoms with van der Waals surface area (Å²) in [5.41, 5.74) is 2.69. The first-order chi connectivity index (χ1) is 15.4. The Balaban J connectivity index is 0.000000153. The van der Waals surface area contributed by atoms with Gasteiger partial charge in [-0.3, -0.25) is 9.59 Å². The number of halogens is 3. The zero-order chi connectivity index (χ0) is 22.7. The molecule has 0 radical (unpaired) electrons. The van der Waals surface area contributed by atoms with Gasteiger partial charge in [0.25, 0.3) is 0 Å². The number of benzene rings is 3. The molecule has 4 aromatic rings. The Labute approximate surface area is 198 Å². The predicted molar refractivity (Wildman–Crippen MR) is 124 cm³/mol. The number of nitrogens with one attached hydrogen (secondary N) is 1. The van der Waals surface area contributed by atoms with Crippen LogP contribution in [0.3, 0.4) is 0 Å². The molecule has 1 aliphatic rings. The van der Waals surface area contributed by atoms with Gasteiger partial charge in [-0.1, -0.05) is 72.3 Å². The van der Waals surface area contributed by atoms with Crippen LogP contribution in [0.2, 0.25) is 15.6 Å². The zero-order valence-corrected chi connectivity index (χ0v) is 18.5. The summed E-state index contributed by atoms with van der Waals surface area (Å²) in [4.78, 5) is 35.6. The summed E-state index contributed by atoms with van der Waals surface area (Å²) in [6, 6.07) is 21.1. The van der Waals surface area contributed by atoms with Crippen LogP contribution in [0.15, 0.2) is 72.8 Å². The molecule has 158 valence electrons. The molecule has 0 atom stereocenters. The second-order valence-electron chi connectivity index (χ2n) is 6.55. The summed E-state index contributed by atoms with van der Waals surface area (Å²) in [7, 11) is 0. The minimum absolute atomic E-state index is 0.0227. The van der Waals surface area contributed by atoms with Crippen LogP contribution in [0.5, 0.6) is 0 Å². The summed E-state index contributed by atoms with van der Waals surface area (Å²) < 4.78 is 0. The molecular weight excluding hydrogens is 471 g/mol. The average molecular weight is 484 g/mol. The van der Waals surface area contributed by atoms with Crippen molar-refractivity contribution in [3.63, 3.8) is 0 Å². The third-order valence-corrected chi connectivity index (χ3v) is 5.20. The van der Waals surface area contributed by atoms with Crippen molar-refractivity contribution in [2.45, 2.75) is 0 Å². The molecule has 0 bridgehead atoms. The second-order valence-corrected chi connectivity index (χ2v) is 7.63. The second kappa shape index (κ2) is 9.44. The fraction of sp³-hybridized carbons (Fsp3) is 0. The van der Waals surface area contributed by atoms with Crippen molar-refractivity contribution in [2.75, 3.05) is 5.32 Å². The van der Waals surface area contributed by atoms with Crippen LogP contribution >= 0.6 is 34.8 Å². The molecule has 6 nitrogen and oxygen atoms in total. The molecular formula is C23H13Cl3N4O2. The number of anilines is 2. The Hall–Kier alpha value is -3.32. The Morgan fingerprint density at radius 1 is 0.562 bits per heavy atom. The highest BCUT2D eigenvalue weighted by molar-refractivity contribution is 6.33. The minimum Gasteiger partial charge on any atom is -0.323 e. The van der Waals surface area contributed by atoms with Gasteiger partial charge in [0.1, 0.15) is 0 Å². The van der Waals surface area contributed by atoms with E-state index in [1.807, 2.05) is 12.1 Å². The zero-order valence-electron chi connectivity index (χ0n) is 16.2. The van der Waals surface area contributed by atoms with E-state index in [1.54, 1.807) is 60.7 Å². The van der Waals surface area contributed by atoms with E-state index in [0.29, 0.717) is 33.0 Å². The normalized spacial score (nSPS) is 11.7. The molecule has 9 heteroatoms. The Morgan fingerprint density at radius 2 is 0.969 bits per heavy atom. The molecule has 1 aromatic heterocycles. The number of hydrogen-bond acceptors (Lipinski definition) is 6. The molecule has 5 rings (SSSR count). The van der Waals surface area contributed by atoms with Crippen molar-refractivity contribution in [3.05, 3.63) is 111 Å². The maximum atomic E-state index is 12.1. The van der Waals surface area contributed by atoms with Crippen molar-refractivity contribution in [3.8, 4) is 0 Å². The first-order valence-electron chi connectivity index (χ1n) is 9.30. The highest BCUT2D eigenvalue weighted by Gasteiger charge is 2.28.